The number of aromatic nitrogens is 3. The number of hydrogen-bond acceptors (Lipinski definition) is 5. The van der Waals surface area contributed by atoms with E-state index in [1.165, 1.54) is 29.2 Å². The van der Waals surface area contributed by atoms with Gasteiger partial charge in [-0.3, -0.25) is 14.3 Å². The third-order valence-electron chi connectivity index (χ3n) is 4.98. The van der Waals surface area contributed by atoms with Crippen LogP contribution in [0.25, 0.3) is 0 Å². The minimum absolute atomic E-state index is 0.343. The van der Waals surface area contributed by atoms with Gasteiger partial charge >= 0.3 is 5.69 Å². The number of aryl methyl sites for hydroxylation is 2. The highest BCUT2D eigenvalue weighted by Gasteiger charge is 2.16. The second-order valence-electron chi connectivity index (χ2n) is 6.92. The Hall–Kier alpha value is -2.41. The van der Waals surface area contributed by atoms with E-state index in [4.69, 9.17) is 0 Å². The van der Waals surface area contributed by atoms with Gasteiger partial charge in [-0.1, -0.05) is 12.1 Å². The van der Waals surface area contributed by atoms with E-state index in [-0.39, 0.29) is 11.2 Å². The van der Waals surface area contributed by atoms with Gasteiger partial charge in [-0.05, 0) is 44.0 Å². The van der Waals surface area contributed by atoms with Crippen molar-refractivity contribution in [3.63, 3.8) is 0 Å². The lowest BCUT2D eigenvalue weighted by Gasteiger charge is -2.36. The number of rotatable bonds is 6. The van der Waals surface area contributed by atoms with Crippen LogP contribution in [0.5, 0.6) is 0 Å². The first-order valence-electron chi connectivity index (χ1n) is 9.22. The smallest absolute Gasteiger partial charge is 0.347 e. The van der Waals surface area contributed by atoms with E-state index in [1.807, 2.05) is 0 Å². The van der Waals surface area contributed by atoms with E-state index in [0.29, 0.717) is 6.54 Å². The van der Waals surface area contributed by atoms with Gasteiger partial charge in [0.05, 0.1) is 0 Å². The van der Waals surface area contributed by atoms with Crippen LogP contribution in [0.15, 0.2) is 40.1 Å². The maximum Gasteiger partial charge on any atom is 0.347 e. The Morgan fingerprint density at radius 1 is 1.04 bits per heavy atom. The minimum atomic E-state index is -0.363. The molecule has 0 saturated carbocycles. The van der Waals surface area contributed by atoms with Gasteiger partial charge < -0.3 is 4.90 Å². The summed E-state index contributed by atoms with van der Waals surface area (Å²) in [6.07, 6.45) is 3.09. The van der Waals surface area contributed by atoms with Crippen molar-refractivity contribution in [1.29, 1.82) is 0 Å². The summed E-state index contributed by atoms with van der Waals surface area (Å²) >= 11 is 0. The zero-order valence-corrected chi connectivity index (χ0v) is 15.6. The molecule has 26 heavy (non-hydrogen) atoms. The molecule has 0 unspecified atom stereocenters. The fourth-order valence-electron chi connectivity index (χ4n) is 3.33. The number of anilines is 1. The van der Waals surface area contributed by atoms with Crippen molar-refractivity contribution < 1.29 is 0 Å². The van der Waals surface area contributed by atoms with Gasteiger partial charge in [0.15, 0.2) is 0 Å². The van der Waals surface area contributed by atoms with Gasteiger partial charge in [-0.15, -0.1) is 0 Å². The van der Waals surface area contributed by atoms with Crippen LogP contribution in [0.4, 0.5) is 5.69 Å². The van der Waals surface area contributed by atoms with Crippen molar-refractivity contribution in [2.45, 2.75) is 26.3 Å². The third-order valence-corrected chi connectivity index (χ3v) is 4.98. The largest absolute Gasteiger partial charge is 0.369 e. The molecular formula is C19H27N5O2. The molecule has 0 N–H and O–H groups in total. The molecule has 140 valence electrons. The van der Waals surface area contributed by atoms with E-state index < -0.39 is 0 Å². The summed E-state index contributed by atoms with van der Waals surface area (Å²) < 4.78 is 2.47. The molecular weight excluding hydrogens is 330 g/mol. The quantitative estimate of drug-likeness (QED) is 0.718. The highest BCUT2D eigenvalue weighted by atomic mass is 16.2. The standard InChI is InChI=1S/C19H27N5O2/c1-16-6-5-7-17(14-16)23-12-10-22(11-13-23)8-3-4-9-24-19(26)21(2)18(25)15-20-24/h5-7,14-15H,3-4,8-13H2,1-2H3. The molecule has 2 heterocycles. The number of benzene rings is 1. The van der Waals surface area contributed by atoms with Crippen LogP contribution in [0, 0.1) is 6.92 Å². The maximum atomic E-state index is 11.9. The average Bonchev–Trinajstić information content (AvgIpc) is 2.65. The van der Waals surface area contributed by atoms with Crippen molar-refractivity contribution in [3.05, 3.63) is 56.9 Å². The van der Waals surface area contributed by atoms with E-state index in [1.54, 1.807) is 0 Å². The molecule has 1 aliphatic rings. The highest BCUT2D eigenvalue weighted by molar-refractivity contribution is 5.48. The second kappa shape index (κ2) is 8.31. The Morgan fingerprint density at radius 2 is 1.77 bits per heavy atom. The van der Waals surface area contributed by atoms with Gasteiger partial charge in [-0.25, -0.2) is 9.48 Å². The number of piperazine rings is 1. The Kier molecular flexibility index (Phi) is 5.88. The summed E-state index contributed by atoms with van der Waals surface area (Å²) in [7, 11) is 1.48. The molecule has 0 amide bonds. The van der Waals surface area contributed by atoms with E-state index in [0.717, 1.165) is 50.1 Å². The van der Waals surface area contributed by atoms with E-state index in [9.17, 15) is 9.59 Å². The summed E-state index contributed by atoms with van der Waals surface area (Å²) in [5.41, 5.74) is 1.90. The van der Waals surface area contributed by atoms with Crippen LogP contribution in [0.2, 0.25) is 0 Å². The zero-order valence-electron chi connectivity index (χ0n) is 15.6. The number of unbranched alkanes of at least 4 members (excludes halogenated alkanes) is 1. The molecule has 3 rings (SSSR count). The summed E-state index contributed by atoms with van der Waals surface area (Å²) in [4.78, 5) is 28.2. The first kappa shape index (κ1) is 18.4. The minimum Gasteiger partial charge on any atom is -0.369 e. The van der Waals surface area contributed by atoms with Crippen molar-refractivity contribution >= 4 is 5.69 Å². The molecule has 7 nitrogen and oxygen atoms in total. The van der Waals surface area contributed by atoms with Gasteiger partial charge in [0.25, 0.3) is 5.56 Å². The van der Waals surface area contributed by atoms with E-state index >= 15 is 0 Å². The SMILES string of the molecule is Cc1cccc(N2CCN(CCCCn3ncc(=O)n(C)c3=O)CC2)c1. The Bertz CT molecular complexity index is 849. The molecule has 1 saturated heterocycles. The fourth-order valence-corrected chi connectivity index (χ4v) is 3.33. The van der Waals surface area contributed by atoms with E-state index in [2.05, 4.69) is 46.1 Å². The molecule has 0 spiro atoms. The van der Waals surface area contributed by atoms with Crippen LogP contribution in [-0.2, 0) is 13.6 Å². The molecule has 0 radical (unpaired) electrons. The highest BCUT2D eigenvalue weighted by Crippen LogP contribution is 2.17. The normalized spacial score (nSPS) is 15.4. The van der Waals surface area contributed by atoms with Crippen LogP contribution < -0.4 is 16.1 Å². The summed E-state index contributed by atoms with van der Waals surface area (Å²) in [6.45, 7) is 7.93. The number of nitrogens with zero attached hydrogens (tertiary/aromatic N) is 5. The lowest BCUT2D eigenvalue weighted by molar-refractivity contribution is 0.250. The van der Waals surface area contributed by atoms with Crippen molar-refractivity contribution in [2.75, 3.05) is 37.6 Å². The van der Waals surface area contributed by atoms with Crippen LogP contribution >= 0.6 is 0 Å². The van der Waals surface area contributed by atoms with Crippen molar-refractivity contribution in [1.82, 2.24) is 19.2 Å². The van der Waals surface area contributed by atoms with Gasteiger partial charge in [0, 0.05) is 45.5 Å². The predicted molar refractivity (Wildman–Crippen MR) is 103 cm³/mol. The predicted octanol–water partition coefficient (Wildman–Crippen LogP) is 0.853. The fraction of sp³-hybridized carbons (Fsp3) is 0.526. The van der Waals surface area contributed by atoms with Gasteiger partial charge in [-0.2, -0.15) is 5.10 Å². The molecule has 1 aromatic carbocycles. The molecule has 7 heteroatoms. The van der Waals surface area contributed by atoms with Crippen LogP contribution in [0.1, 0.15) is 18.4 Å². The molecule has 0 bridgehead atoms. The monoisotopic (exact) mass is 357 g/mol. The summed E-state index contributed by atoms with van der Waals surface area (Å²) in [5.74, 6) is 0. The van der Waals surface area contributed by atoms with Crippen LogP contribution in [0.3, 0.4) is 0 Å². The summed E-state index contributed by atoms with van der Waals surface area (Å²) in [5, 5.41) is 3.92. The first-order valence-corrected chi connectivity index (χ1v) is 9.22. The third kappa shape index (κ3) is 4.40. The molecule has 1 aromatic heterocycles. The molecule has 2 aromatic rings. The molecule has 1 aliphatic heterocycles. The number of hydrogen-bond donors (Lipinski definition) is 0. The first-order chi connectivity index (χ1) is 12.5. The average molecular weight is 357 g/mol. The second-order valence-corrected chi connectivity index (χ2v) is 6.92. The zero-order chi connectivity index (χ0) is 18.5. The van der Waals surface area contributed by atoms with Crippen LogP contribution in [-0.4, -0.2) is 52.0 Å². The molecule has 1 fully saturated rings. The Balaban J connectivity index is 1.41. The lowest BCUT2D eigenvalue weighted by atomic mass is 10.2. The summed E-state index contributed by atoms with van der Waals surface area (Å²) in [6, 6.07) is 8.67. The lowest BCUT2D eigenvalue weighted by Crippen LogP contribution is -2.46. The Labute approximate surface area is 153 Å². The van der Waals surface area contributed by atoms with Gasteiger partial charge in [0.2, 0.25) is 0 Å². The topological polar surface area (TPSA) is 63.4 Å². The Morgan fingerprint density at radius 3 is 2.50 bits per heavy atom. The van der Waals surface area contributed by atoms with Crippen molar-refractivity contribution in [3.8, 4) is 0 Å². The molecule has 0 atom stereocenters. The maximum absolute atomic E-state index is 11.9. The van der Waals surface area contributed by atoms with Crippen molar-refractivity contribution in [2.24, 2.45) is 7.05 Å². The van der Waals surface area contributed by atoms with Gasteiger partial charge in [0.1, 0.15) is 6.20 Å². The molecule has 0 aliphatic carbocycles.